The number of carboxylic acids is 1. The molecule has 0 bridgehead atoms. The molecule has 0 heterocycles. The lowest BCUT2D eigenvalue weighted by Gasteiger charge is -2.42. The van der Waals surface area contributed by atoms with Crippen LogP contribution in [0.25, 0.3) is 0 Å². The first-order valence-corrected chi connectivity index (χ1v) is 8.85. The Kier molecular flexibility index (Phi) is 5.20. The molecule has 0 saturated heterocycles. The van der Waals surface area contributed by atoms with Crippen molar-refractivity contribution in [2.75, 3.05) is 13.1 Å². The van der Waals surface area contributed by atoms with E-state index < -0.39 is 16.0 Å². The van der Waals surface area contributed by atoms with Crippen molar-refractivity contribution < 1.29 is 18.3 Å². The first-order chi connectivity index (χ1) is 10.3. The van der Waals surface area contributed by atoms with Gasteiger partial charge in [0.2, 0.25) is 10.0 Å². The Bertz CT molecular complexity index is 621. The van der Waals surface area contributed by atoms with E-state index >= 15 is 0 Å². The average Bonchev–Trinajstić information content (AvgIpc) is 2.40. The lowest BCUT2D eigenvalue weighted by atomic mass is 9.86. The Morgan fingerprint density at radius 3 is 2.41 bits per heavy atom. The monoisotopic (exact) mass is 326 g/mol. The van der Waals surface area contributed by atoms with Crippen molar-refractivity contribution in [1.29, 1.82) is 0 Å². The highest BCUT2D eigenvalue weighted by atomic mass is 32.2. The van der Waals surface area contributed by atoms with Gasteiger partial charge in [-0.15, -0.1) is 0 Å². The van der Waals surface area contributed by atoms with Crippen molar-refractivity contribution in [3.63, 3.8) is 0 Å². The molecule has 1 aliphatic rings. The molecule has 22 heavy (non-hydrogen) atoms. The number of rotatable bonds is 7. The quantitative estimate of drug-likeness (QED) is 0.786. The SMILES string of the molecule is CCN(CC(=O)O)C1CC(NS(=O)(=O)c2ccc(C)cc2)C1. The van der Waals surface area contributed by atoms with E-state index in [4.69, 9.17) is 5.11 Å². The molecule has 1 aromatic rings. The number of aliphatic carboxylic acids is 1. The smallest absolute Gasteiger partial charge is 0.317 e. The zero-order valence-electron chi connectivity index (χ0n) is 12.8. The van der Waals surface area contributed by atoms with E-state index in [1.54, 1.807) is 24.3 Å². The molecule has 0 radical (unpaired) electrons. The number of nitrogens with zero attached hydrogens (tertiary/aromatic N) is 1. The third-order valence-corrected chi connectivity index (χ3v) is 5.56. The van der Waals surface area contributed by atoms with Crippen molar-refractivity contribution >= 4 is 16.0 Å². The maximum Gasteiger partial charge on any atom is 0.317 e. The first-order valence-electron chi connectivity index (χ1n) is 7.36. The van der Waals surface area contributed by atoms with Crippen LogP contribution in [0.15, 0.2) is 29.2 Å². The Balaban J connectivity index is 1.91. The molecule has 0 unspecified atom stereocenters. The summed E-state index contributed by atoms with van der Waals surface area (Å²) in [6, 6.07) is 6.73. The van der Waals surface area contributed by atoms with Gasteiger partial charge in [-0.2, -0.15) is 0 Å². The van der Waals surface area contributed by atoms with E-state index in [9.17, 15) is 13.2 Å². The summed E-state index contributed by atoms with van der Waals surface area (Å²) in [6.45, 7) is 4.46. The summed E-state index contributed by atoms with van der Waals surface area (Å²) in [5.74, 6) is -0.856. The summed E-state index contributed by atoms with van der Waals surface area (Å²) in [5, 5.41) is 8.85. The molecule has 0 spiro atoms. The van der Waals surface area contributed by atoms with Crippen LogP contribution in [0.4, 0.5) is 0 Å². The maximum absolute atomic E-state index is 12.3. The fraction of sp³-hybridized carbons (Fsp3) is 0.533. The molecular weight excluding hydrogens is 304 g/mol. The second-order valence-corrected chi connectivity index (χ2v) is 7.43. The van der Waals surface area contributed by atoms with Gasteiger partial charge < -0.3 is 5.11 Å². The second kappa shape index (κ2) is 6.76. The maximum atomic E-state index is 12.3. The number of likely N-dealkylation sites (N-methyl/N-ethyl adjacent to an activating group) is 1. The summed E-state index contributed by atoms with van der Waals surface area (Å²) in [5.41, 5.74) is 1.01. The number of aryl methyl sites for hydroxylation is 1. The molecule has 1 saturated carbocycles. The highest BCUT2D eigenvalue weighted by Gasteiger charge is 2.36. The second-order valence-electron chi connectivity index (χ2n) is 5.71. The van der Waals surface area contributed by atoms with Crippen LogP contribution in [0.5, 0.6) is 0 Å². The van der Waals surface area contributed by atoms with Gasteiger partial charge in [0, 0.05) is 12.1 Å². The lowest BCUT2D eigenvalue weighted by Crippen LogP contribution is -2.54. The van der Waals surface area contributed by atoms with E-state index in [-0.39, 0.29) is 23.5 Å². The average molecular weight is 326 g/mol. The van der Waals surface area contributed by atoms with E-state index in [0.717, 1.165) is 5.56 Å². The molecule has 0 amide bonds. The molecule has 6 nitrogen and oxygen atoms in total. The van der Waals surface area contributed by atoms with Gasteiger partial charge in [0.1, 0.15) is 0 Å². The van der Waals surface area contributed by atoms with Crippen LogP contribution in [0.3, 0.4) is 0 Å². The Morgan fingerprint density at radius 1 is 1.32 bits per heavy atom. The van der Waals surface area contributed by atoms with Crippen LogP contribution in [0.1, 0.15) is 25.3 Å². The normalized spacial score (nSPS) is 21.6. The highest BCUT2D eigenvalue weighted by Crippen LogP contribution is 2.27. The third-order valence-electron chi connectivity index (χ3n) is 4.03. The van der Waals surface area contributed by atoms with Crippen molar-refractivity contribution in [2.24, 2.45) is 0 Å². The minimum Gasteiger partial charge on any atom is -0.480 e. The van der Waals surface area contributed by atoms with Crippen molar-refractivity contribution in [1.82, 2.24) is 9.62 Å². The third kappa shape index (κ3) is 4.06. The standard InChI is InChI=1S/C15H22N2O4S/c1-3-17(10-15(18)19)13-8-12(9-13)16-22(20,21)14-6-4-11(2)5-7-14/h4-7,12-13,16H,3,8-10H2,1-2H3,(H,18,19). The van der Waals surface area contributed by atoms with Crippen molar-refractivity contribution in [3.05, 3.63) is 29.8 Å². The molecule has 122 valence electrons. The zero-order valence-corrected chi connectivity index (χ0v) is 13.6. The van der Waals surface area contributed by atoms with Gasteiger partial charge in [-0.05, 0) is 38.4 Å². The van der Waals surface area contributed by atoms with Gasteiger partial charge in [0.25, 0.3) is 0 Å². The Labute approximate surface area is 131 Å². The molecule has 0 aromatic heterocycles. The van der Waals surface area contributed by atoms with Gasteiger partial charge in [-0.1, -0.05) is 24.6 Å². The fourth-order valence-corrected chi connectivity index (χ4v) is 3.92. The zero-order chi connectivity index (χ0) is 16.3. The van der Waals surface area contributed by atoms with Crippen LogP contribution in [-0.2, 0) is 14.8 Å². The molecule has 7 heteroatoms. The minimum absolute atomic E-state index is 0.00139. The van der Waals surface area contributed by atoms with Gasteiger partial charge >= 0.3 is 5.97 Å². The molecule has 1 aromatic carbocycles. The van der Waals surface area contributed by atoms with Gasteiger partial charge in [-0.3, -0.25) is 9.69 Å². The largest absolute Gasteiger partial charge is 0.480 e. The summed E-state index contributed by atoms with van der Waals surface area (Å²) in [4.78, 5) is 12.9. The summed E-state index contributed by atoms with van der Waals surface area (Å²) in [6.07, 6.45) is 1.29. The van der Waals surface area contributed by atoms with Crippen LogP contribution in [0, 0.1) is 6.92 Å². The first kappa shape index (κ1) is 16.9. The molecule has 2 N–H and O–H groups in total. The van der Waals surface area contributed by atoms with Crippen LogP contribution in [-0.4, -0.2) is 49.6 Å². The number of nitrogens with one attached hydrogen (secondary N) is 1. The van der Waals surface area contributed by atoms with Gasteiger partial charge in [0.05, 0.1) is 11.4 Å². The summed E-state index contributed by atoms with van der Waals surface area (Å²) < 4.78 is 27.2. The molecule has 0 aliphatic heterocycles. The predicted molar refractivity (Wildman–Crippen MR) is 83.2 cm³/mol. The van der Waals surface area contributed by atoms with Gasteiger partial charge in [-0.25, -0.2) is 13.1 Å². The Morgan fingerprint density at radius 2 is 1.91 bits per heavy atom. The summed E-state index contributed by atoms with van der Waals surface area (Å²) in [7, 11) is -3.50. The number of hydrogen-bond acceptors (Lipinski definition) is 4. The summed E-state index contributed by atoms with van der Waals surface area (Å²) >= 11 is 0. The van der Waals surface area contributed by atoms with Crippen LogP contribution >= 0.6 is 0 Å². The fourth-order valence-electron chi connectivity index (χ4n) is 2.66. The highest BCUT2D eigenvalue weighted by molar-refractivity contribution is 7.89. The Hall–Kier alpha value is -1.44. The topological polar surface area (TPSA) is 86.7 Å². The van der Waals surface area contributed by atoms with E-state index in [2.05, 4.69) is 4.72 Å². The van der Waals surface area contributed by atoms with Crippen LogP contribution < -0.4 is 4.72 Å². The van der Waals surface area contributed by atoms with E-state index in [1.165, 1.54) is 0 Å². The number of carboxylic acid groups (broad SMARTS) is 1. The minimum atomic E-state index is -3.50. The van der Waals surface area contributed by atoms with E-state index in [0.29, 0.717) is 19.4 Å². The van der Waals surface area contributed by atoms with Gasteiger partial charge in [0.15, 0.2) is 0 Å². The number of carbonyl (C=O) groups is 1. The van der Waals surface area contributed by atoms with E-state index in [1.807, 2.05) is 18.7 Å². The molecule has 1 fully saturated rings. The predicted octanol–water partition coefficient (Wildman–Crippen LogP) is 1.21. The van der Waals surface area contributed by atoms with Crippen molar-refractivity contribution in [3.8, 4) is 0 Å². The number of sulfonamides is 1. The van der Waals surface area contributed by atoms with Crippen LogP contribution in [0.2, 0.25) is 0 Å². The molecule has 2 rings (SSSR count). The van der Waals surface area contributed by atoms with Crippen molar-refractivity contribution in [2.45, 2.75) is 43.7 Å². The molecule has 0 atom stereocenters. The number of benzene rings is 1. The molecule has 1 aliphatic carbocycles. The molecular formula is C15H22N2O4S. The number of hydrogen-bond donors (Lipinski definition) is 2. The lowest BCUT2D eigenvalue weighted by molar-refractivity contribution is -0.139.